The van der Waals surface area contributed by atoms with E-state index in [-0.39, 0.29) is 18.1 Å². The van der Waals surface area contributed by atoms with Crippen molar-refractivity contribution in [1.82, 2.24) is 4.90 Å². The number of aryl methyl sites for hydroxylation is 2. The molecule has 5 rings (SSSR count). The van der Waals surface area contributed by atoms with Gasteiger partial charge in [0.1, 0.15) is 0 Å². The van der Waals surface area contributed by atoms with E-state index in [4.69, 9.17) is 11.6 Å². The molecule has 0 unspecified atom stereocenters. The predicted molar refractivity (Wildman–Crippen MR) is 158 cm³/mol. The molecular weight excluding hydrogens is 512 g/mol. The first-order chi connectivity index (χ1) is 18.4. The van der Waals surface area contributed by atoms with Crippen molar-refractivity contribution < 1.29 is 9.59 Å². The summed E-state index contributed by atoms with van der Waals surface area (Å²) in [6.45, 7) is 5.88. The first-order valence-corrected chi connectivity index (χ1v) is 14.0. The Bertz CT molecular complexity index is 1450. The van der Waals surface area contributed by atoms with Crippen molar-refractivity contribution in [2.45, 2.75) is 33.1 Å². The van der Waals surface area contributed by atoms with Crippen LogP contribution in [0.1, 0.15) is 51.9 Å². The number of carbonyl (C=O) groups is 2. The van der Waals surface area contributed by atoms with Gasteiger partial charge in [-0.05, 0) is 73.4 Å². The number of likely N-dealkylation sites (tertiary alicyclic amines) is 1. The van der Waals surface area contributed by atoms with Crippen LogP contribution in [0, 0.1) is 13.8 Å². The normalized spacial score (nSPS) is 17.1. The van der Waals surface area contributed by atoms with Gasteiger partial charge >= 0.3 is 0 Å². The minimum Gasteiger partial charge on any atom is -0.351 e. The highest BCUT2D eigenvalue weighted by Gasteiger charge is 2.30. The highest BCUT2D eigenvalue weighted by molar-refractivity contribution is 8.18. The zero-order valence-corrected chi connectivity index (χ0v) is 23.1. The second-order valence-corrected chi connectivity index (χ2v) is 11.2. The SMILES string of the molecule is Cc1ccc(C(=O)C/C(=C\C(=C2\SC(N3CCCC3)=NC2=O)c2ccc(C)cc2)c2ccc(Cl)cc2)cc1. The lowest BCUT2D eigenvalue weighted by atomic mass is 9.93. The van der Waals surface area contributed by atoms with Crippen molar-refractivity contribution in [2.75, 3.05) is 13.1 Å². The summed E-state index contributed by atoms with van der Waals surface area (Å²) in [6, 6.07) is 23.2. The summed E-state index contributed by atoms with van der Waals surface area (Å²) < 4.78 is 0. The highest BCUT2D eigenvalue weighted by atomic mass is 35.5. The Balaban J connectivity index is 1.60. The fraction of sp³-hybridized carbons (Fsp3) is 0.219. The maximum atomic E-state index is 13.4. The molecule has 0 N–H and O–H groups in total. The molecule has 4 nitrogen and oxygen atoms in total. The maximum Gasteiger partial charge on any atom is 0.286 e. The Kier molecular flexibility index (Phi) is 7.96. The number of ketones is 1. The van der Waals surface area contributed by atoms with E-state index in [1.807, 2.05) is 92.7 Å². The maximum absolute atomic E-state index is 13.4. The molecule has 38 heavy (non-hydrogen) atoms. The molecule has 1 amide bonds. The summed E-state index contributed by atoms with van der Waals surface area (Å²) in [5.74, 6) is -0.220. The topological polar surface area (TPSA) is 49.7 Å². The molecule has 0 radical (unpaired) electrons. The van der Waals surface area contributed by atoms with Crippen molar-refractivity contribution in [3.8, 4) is 0 Å². The van der Waals surface area contributed by atoms with Crippen molar-refractivity contribution >= 4 is 51.4 Å². The lowest BCUT2D eigenvalue weighted by Crippen LogP contribution is -2.23. The molecule has 0 atom stereocenters. The van der Waals surface area contributed by atoms with Crippen LogP contribution in [-0.4, -0.2) is 34.8 Å². The Morgan fingerprint density at radius 2 is 1.42 bits per heavy atom. The number of hydrogen-bond acceptors (Lipinski definition) is 4. The number of amidine groups is 1. The fourth-order valence-corrected chi connectivity index (χ4v) is 5.78. The summed E-state index contributed by atoms with van der Waals surface area (Å²) >= 11 is 7.62. The predicted octanol–water partition coefficient (Wildman–Crippen LogP) is 7.75. The number of benzene rings is 3. The fourth-order valence-electron chi connectivity index (χ4n) is 4.61. The third-order valence-corrected chi connectivity index (χ3v) is 8.21. The van der Waals surface area contributed by atoms with E-state index in [1.165, 1.54) is 11.8 Å². The molecule has 1 fully saturated rings. The first-order valence-electron chi connectivity index (χ1n) is 12.8. The molecule has 0 aromatic heterocycles. The number of carbonyl (C=O) groups excluding carboxylic acids is 2. The molecule has 192 valence electrons. The largest absolute Gasteiger partial charge is 0.351 e. The van der Waals surface area contributed by atoms with Gasteiger partial charge in [-0.25, -0.2) is 0 Å². The molecule has 1 saturated heterocycles. The van der Waals surface area contributed by atoms with Gasteiger partial charge in [0, 0.05) is 35.7 Å². The van der Waals surface area contributed by atoms with Crippen LogP contribution in [0.4, 0.5) is 0 Å². The summed E-state index contributed by atoms with van der Waals surface area (Å²) in [4.78, 5) is 33.8. The molecular formula is C32H29ClN2O2S. The molecule has 0 spiro atoms. The number of amides is 1. The van der Waals surface area contributed by atoms with Gasteiger partial charge in [0.25, 0.3) is 5.91 Å². The third-order valence-electron chi connectivity index (χ3n) is 6.83. The van der Waals surface area contributed by atoms with Gasteiger partial charge < -0.3 is 4.90 Å². The van der Waals surface area contributed by atoms with E-state index in [2.05, 4.69) is 9.89 Å². The zero-order valence-electron chi connectivity index (χ0n) is 21.5. The minimum absolute atomic E-state index is 0.0128. The summed E-state index contributed by atoms with van der Waals surface area (Å²) in [5.41, 5.74) is 6.29. The van der Waals surface area contributed by atoms with Gasteiger partial charge in [-0.3, -0.25) is 9.59 Å². The number of aliphatic imine (C=N–C) groups is 1. The monoisotopic (exact) mass is 540 g/mol. The summed E-state index contributed by atoms with van der Waals surface area (Å²) in [7, 11) is 0. The standard InChI is InChI=1S/C32H29ClN2O2S/c1-21-5-9-24(10-6-21)28(30-31(37)34-32(38-30)35-17-3-4-18-35)19-26(23-13-15-27(33)16-14-23)20-29(36)25-11-7-22(2)8-12-25/h5-16,19H,3-4,17-18,20H2,1-2H3/b26-19+,30-28-. The first kappa shape index (κ1) is 26.2. The van der Waals surface area contributed by atoms with Crippen LogP contribution in [-0.2, 0) is 4.79 Å². The van der Waals surface area contributed by atoms with Gasteiger partial charge in [-0.2, -0.15) is 4.99 Å². The van der Waals surface area contributed by atoms with E-state index in [0.29, 0.717) is 15.5 Å². The summed E-state index contributed by atoms with van der Waals surface area (Å²) in [5, 5.41) is 1.39. The molecule has 2 aliphatic rings. The average molecular weight is 541 g/mol. The van der Waals surface area contributed by atoms with Gasteiger partial charge in [0.05, 0.1) is 4.91 Å². The Morgan fingerprint density at radius 3 is 2.03 bits per heavy atom. The number of nitrogens with zero attached hydrogens (tertiary/aromatic N) is 2. The van der Waals surface area contributed by atoms with E-state index in [9.17, 15) is 9.59 Å². The van der Waals surface area contributed by atoms with Gasteiger partial charge in [0.2, 0.25) is 0 Å². The number of rotatable bonds is 6. The quantitative estimate of drug-likeness (QED) is 0.237. The Morgan fingerprint density at radius 1 is 0.868 bits per heavy atom. The zero-order chi connectivity index (χ0) is 26.6. The molecule has 0 saturated carbocycles. The summed E-state index contributed by atoms with van der Waals surface area (Å²) in [6.07, 6.45) is 4.40. The van der Waals surface area contributed by atoms with Crippen LogP contribution in [0.15, 0.2) is 88.8 Å². The van der Waals surface area contributed by atoms with Crippen LogP contribution in [0.5, 0.6) is 0 Å². The third kappa shape index (κ3) is 6.01. The van der Waals surface area contributed by atoms with Crippen LogP contribution >= 0.6 is 23.4 Å². The molecule has 6 heteroatoms. The van der Waals surface area contributed by atoms with Gasteiger partial charge in [-0.1, -0.05) is 83.4 Å². The molecule has 3 aromatic carbocycles. The lowest BCUT2D eigenvalue weighted by molar-refractivity contribution is -0.113. The number of halogens is 1. The molecule has 0 bridgehead atoms. The molecule has 2 heterocycles. The van der Waals surface area contributed by atoms with Crippen LogP contribution in [0.2, 0.25) is 5.02 Å². The highest BCUT2D eigenvalue weighted by Crippen LogP contribution is 2.38. The van der Waals surface area contributed by atoms with E-state index < -0.39 is 0 Å². The molecule has 3 aromatic rings. The van der Waals surface area contributed by atoms with E-state index in [0.717, 1.165) is 64.5 Å². The lowest BCUT2D eigenvalue weighted by Gasteiger charge is -2.16. The van der Waals surface area contributed by atoms with E-state index in [1.54, 1.807) is 0 Å². The van der Waals surface area contributed by atoms with Gasteiger partial charge in [-0.15, -0.1) is 0 Å². The van der Waals surface area contributed by atoms with Crippen molar-refractivity contribution in [3.63, 3.8) is 0 Å². The Labute approximate surface area is 233 Å². The minimum atomic E-state index is -0.232. The van der Waals surface area contributed by atoms with Crippen LogP contribution < -0.4 is 0 Å². The van der Waals surface area contributed by atoms with E-state index >= 15 is 0 Å². The number of thioether (sulfide) groups is 1. The second-order valence-electron chi connectivity index (χ2n) is 9.75. The van der Waals surface area contributed by atoms with Crippen LogP contribution in [0.3, 0.4) is 0 Å². The molecule has 0 aliphatic carbocycles. The number of hydrogen-bond donors (Lipinski definition) is 0. The number of Topliss-reactive ketones (excluding diaryl/α,β-unsaturated/α-hetero) is 1. The average Bonchev–Trinajstić information content (AvgIpc) is 3.58. The van der Waals surface area contributed by atoms with Crippen molar-refractivity contribution in [3.05, 3.63) is 117 Å². The van der Waals surface area contributed by atoms with Crippen molar-refractivity contribution in [1.29, 1.82) is 0 Å². The smallest absolute Gasteiger partial charge is 0.286 e. The molecule has 2 aliphatic heterocycles. The van der Waals surface area contributed by atoms with Crippen molar-refractivity contribution in [2.24, 2.45) is 4.99 Å². The second kappa shape index (κ2) is 11.5. The van der Waals surface area contributed by atoms with Crippen LogP contribution in [0.25, 0.3) is 11.1 Å². The Hall–Kier alpha value is -3.41. The van der Waals surface area contributed by atoms with Gasteiger partial charge in [0.15, 0.2) is 11.0 Å². The number of allylic oxidation sites excluding steroid dienone is 3.